The first kappa shape index (κ1) is 20.3. The third-order valence-electron chi connectivity index (χ3n) is 4.07. The molecule has 0 radical (unpaired) electrons. The second-order valence-corrected chi connectivity index (χ2v) is 6.93. The second-order valence-electron chi connectivity index (χ2n) is 5.97. The normalized spacial score (nSPS) is 10.2. The summed E-state index contributed by atoms with van der Waals surface area (Å²) in [4.78, 5) is 8.45. The van der Waals surface area contributed by atoms with E-state index in [0.29, 0.717) is 46.4 Å². The summed E-state index contributed by atoms with van der Waals surface area (Å²) < 4.78 is 10.6. The highest BCUT2D eigenvalue weighted by Crippen LogP contribution is 2.34. The zero-order chi connectivity index (χ0) is 20.5. The van der Waals surface area contributed by atoms with Crippen molar-refractivity contribution in [1.29, 1.82) is 10.5 Å². The van der Waals surface area contributed by atoms with Gasteiger partial charge in [0, 0.05) is 37.0 Å². The second kappa shape index (κ2) is 10.2. The first-order valence-electron chi connectivity index (χ1n) is 8.84. The molecule has 6 nitrogen and oxygen atoms in total. The van der Waals surface area contributed by atoms with Gasteiger partial charge in [0.15, 0.2) is 0 Å². The molecular weight excluding hydrogens is 384 g/mol. The van der Waals surface area contributed by atoms with Crippen molar-refractivity contribution in [2.24, 2.45) is 0 Å². The fourth-order valence-corrected chi connectivity index (χ4v) is 3.58. The van der Waals surface area contributed by atoms with Gasteiger partial charge in [-0.1, -0.05) is 18.2 Å². The van der Waals surface area contributed by atoms with E-state index in [1.165, 1.54) is 18.0 Å². The van der Waals surface area contributed by atoms with E-state index in [0.717, 1.165) is 11.1 Å². The molecule has 0 spiro atoms. The maximum absolute atomic E-state index is 9.81. The first-order chi connectivity index (χ1) is 14.3. The predicted molar refractivity (Wildman–Crippen MR) is 110 cm³/mol. The highest BCUT2D eigenvalue weighted by atomic mass is 32.2. The van der Waals surface area contributed by atoms with Gasteiger partial charge >= 0.3 is 0 Å². The van der Waals surface area contributed by atoms with Gasteiger partial charge in [-0.2, -0.15) is 10.5 Å². The van der Waals surface area contributed by atoms with E-state index in [9.17, 15) is 10.5 Å². The third kappa shape index (κ3) is 5.11. The average molecular weight is 402 g/mol. The Balaban J connectivity index is 1.90. The van der Waals surface area contributed by atoms with Crippen LogP contribution in [-0.4, -0.2) is 30.3 Å². The van der Waals surface area contributed by atoms with Crippen LogP contribution >= 0.6 is 11.8 Å². The molecule has 0 saturated heterocycles. The Morgan fingerprint density at radius 2 is 1.86 bits per heavy atom. The minimum Gasteiger partial charge on any atom is -0.491 e. The van der Waals surface area contributed by atoms with Crippen LogP contribution in [0, 0.1) is 22.7 Å². The number of hydrogen-bond acceptors (Lipinski definition) is 7. The fourth-order valence-electron chi connectivity index (χ4n) is 2.69. The Bertz CT molecular complexity index is 1040. The molecule has 0 fully saturated rings. The van der Waals surface area contributed by atoms with Crippen LogP contribution in [0.3, 0.4) is 0 Å². The van der Waals surface area contributed by atoms with Crippen LogP contribution in [0.15, 0.2) is 60.0 Å². The lowest BCUT2D eigenvalue weighted by molar-refractivity contribution is 0.146. The van der Waals surface area contributed by atoms with Crippen molar-refractivity contribution in [3.05, 3.63) is 71.7 Å². The van der Waals surface area contributed by atoms with Gasteiger partial charge in [0.1, 0.15) is 29.5 Å². The van der Waals surface area contributed by atoms with E-state index in [1.54, 1.807) is 19.5 Å². The van der Waals surface area contributed by atoms with Crippen LogP contribution in [0.5, 0.6) is 5.75 Å². The summed E-state index contributed by atoms with van der Waals surface area (Å²) in [5, 5.41) is 19.9. The van der Waals surface area contributed by atoms with E-state index in [1.807, 2.05) is 36.4 Å². The molecule has 0 N–H and O–H groups in total. The van der Waals surface area contributed by atoms with E-state index in [-0.39, 0.29) is 0 Å². The molecule has 0 amide bonds. The Labute approximate surface area is 173 Å². The van der Waals surface area contributed by atoms with Crippen LogP contribution in [0.1, 0.15) is 16.7 Å². The SMILES string of the molecule is COCCOc1ccc(-c2c(C#N)cnc(SCc3cccnc3)c2C#N)cc1. The van der Waals surface area contributed by atoms with Gasteiger partial charge in [-0.15, -0.1) is 11.8 Å². The number of pyridine rings is 2. The van der Waals surface area contributed by atoms with Crippen LogP contribution < -0.4 is 4.74 Å². The summed E-state index contributed by atoms with van der Waals surface area (Å²) >= 11 is 1.45. The fraction of sp³-hybridized carbons (Fsp3) is 0.182. The quantitative estimate of drug-likeness (QED) is 0.412. The van der Waals surface area contributed by atoms with E-state index in [4.69, 9.17) is 9.47 Å². The molecule has 0 aliphatic carbocycles. The number of nitrogens with zero attached hydrogens (tertiary/aromatic N) is 4. The molecule has 0 bridgehead atoms. The lowest BCUT2D eigenvalue weighted by Gasteiger charge is -2.12. The zero-order valence-electron chi connectivity index (χ0n) is 15.8. The molecule has 0 saturated carbocycles. The minimum atomic E-state index is 0.361. The molecule has 0 aliphatic heterocycles. The molecule has 0 atom stereocenters. The summed E-state index contributed by atoms with van der Waals surface area (Å²) in [5.41, 5.74) is 3.14. The summed E-state index contributed by atoms with van der Waals surface area (Å²) in [7, 11) is 1.62. The maximum atomic E-state index is 9.81. The molecular formula is C22H18N4O2S. The van der Waals surface area contributed by atoms with Crippen LogP contribution in [-0.2, 0) is 10.5 Å². The van der Waals surface area contributed by atoms with Crippen molar-refractivity contribution < 1.29 is 9.47 Å². The van der Waals surface area contributed by atoms with Crippen molar-refractivity contribution in [1.82, 2.24) is 9.97 Å². The van der Waals surface area contributed by atoms with Crippen LogP contribution in [0.2, 0.25) is 0 Å². The molecule has 3 aromatic rings. The number of thioether (sulfide) groups is 1. The van der Waals surface area contributed by atoms with Gasteiger partial charge in [0.25, 0.3) is 0 Å². The number of ether oxygens (including phenoxy) is 2. The molecule has 0 aliphatic rings. The highest BCUT2D eigenvalue weighted by Gasteiger charge is 2.17. The van der Waals surface area contributed by atoms with Crippen molar-refractivity contribution >= 4 is 11.8 Å². The summed E-state index contributed by atoms with van der Waals surface area (Å²) in [5.74, 6) is 1.33. The Morgan fingerprint density at radius 1 is 1.03 bits per heavy atom. The van der Waals surface area contributed by atoms with Gasteiger partial charge in [-0.3, -0.25) is 4.98 Å². The summed E-state index contributed by atoms with van der Waals surface area (Å²) in [6.07, 6.45) is 5.02. The topological polar surface area (TPSA) is 91.8 Å². The van der Waals surface area contributed by atoms with Crippen molar-refractivity contribution in [3.8, 4) is 29.0 Å². The van der Waals surface area contributed by atoms with Crippen molar-refractivity contribution in [2.75, 3.05) is 20.3 Å². The number of hydrogen-bond donors (Lipinski definition) is 0. The zero-order valence-corrected chi connectivity index (χ0v) is 16.6. The minimum absolute atomic E-state index is 0.361. The highest BCUT2D eigenvalue weighted by molar-refractivity contribution is 7.98. The van der Waals surface area contributed by atoms with Gasteiger partial charge in [0.05, 0.1) is 17.7 Å². The Hall–Kier alpha value is -3.39. The lowest BCUT2D eigenvalue weighted by Crippen LogP contribution is -2.04. The molecule has 2 heterocycles. The van der Waals surface area contributed by atoms with Crippen molar-refractivity contribution in [3.63, 3.8) is 0 Å². The van der Waals surface area contributed by atoms with E-state index in [2.05, 4.69) is 22.1 Å². The number of nitriles is 2. The monoisotopic (exact) mass is 402 g/mol. The summed E-state index contributed by atoms with van der Waals surface area (Å²) in [6, 6.07) is 15.5. The molecule has 7 heteroatoms. The maximum Gasteiger partial charge on any atom is 0.119 e. The van der Waals surface area contributed by atoms with E-state index >= 15 is 0 Å². The molecule has 3 rings (SSSR count). The largest absolute Gasteiger partial charge is 0.491 e. The summed E-state index contributed by atoms with van der Waals surface area (Å²) in [6.45, 7) is 0.952. The smallest absolute Gasteiger partial charge is 0.119 e. The van der Waals surface area contributed by atoms with Gasteiger partial charge in [-0.05, 0) is 29.3 Å². The Morgan fingerprint density at radius 3 is 2.52 bits per heavy atom. The first-order valence-corrected chi connectivity index (χ1v) is 9.82. The van der Waals surface area contributed by atoms with Crippen LogP contribution in [0.4, 0.5) is 0 Å². The molecule has 1 aromatic carbocycles. The Kier molecular flexibility index (Phi) is 7.18. The third-order valence-corrected chi connectivity index (χ3v) is 5.13. The average Bonchev–Trinajstić information content (AvgIpc) is 2.78. The number of methoxy groups -OCH3 is 1. The van der Waals surface area contributed by atoms with Crippen LogP contribution in [0.25, 0.3) is 11.1 Å². The number of aromatic nitrogens is 2. The number of rotatable bonds is 8. The van der Waals surface area contributed by atoms with Crippen molar-refractivity contribution in [2.45, 2.75) is 10.8 Å². The standard InChI is InChI=1S/C22H18N4O2S/c1-27-9-10-28-19-6-4-17(5-7-19)21-18(11-23)14-26-22(20(21)12-24)29-15-16-3-2-8-25-13-16/h2-8,13-14H,9-10,15H2,1H3. The van der Waals surface area contributed by atoms with Gasteiger partial charge in [-0.25, -0.2) is 4.98 Å². The molecule has 29 heavy (non-hydrogen) atoms. The molecule has 0 unspecified atom stereocenters. The lowest BCUT2D eigenvalue weighted by atomic mass is 9.98. The van der Waals surface area contributed by atoms with Gasteiger partial charge in [0.2, 0.25) is 0 Å². The molecule has 2 aromatic heterocycles. The van der Waals surface area contributed by atoms with E-state index < -0.39 is 0 Å². The molecule has 144 valence electrons. The van der Waals surface area contributed by atoms with Gasteiger partial charge < -0.3 is 9.47 Å². The number of benzene rings is 1. The predicted octanol–water partition coefficient (Wildman–Crippen LogP) is 4.20.